The van der Waals surface area contributed by atoms with Crippen LogP contribution in [-0.2, 0) is 0 Å². The maximum absolute atomic E-state index is 11.2. The highest BCUT2D eigenvalue weighted by Crippen LogP contribution is 2.31. The Morgan fingerprint density at radius 1 is 1.00 bits per heavy atom. The minimum absolute atomic E-state index is 0.0965. The first-order valence-corrected chi connectivity index (χ1v) is 7.84. The Morgan fingerprint density at radius 2 is 1.60 bits per heavy atom. The lowest BCUT2D eigenvalue weighted by molar-refractivity contribution is -0.386. The van der Waals surface area contributed by atoms with Crippen molar-refractivity contribution in [1.29, 1.82) is 0 Å². The molecular formula is C20H14N2O3. The lowest BCUT2D eigenvalue weighted by Gasteiger charge is -2.08. The van der Waals surface area contributed by atoms with Crippen LogP contribution in [0.2, 0.25) is 0 Å². The molecule has 0 saturated heterocycles. The number of aryl methyl sites for hydroxylation is 1. The Morgan fingerprint density at radius 3 is 2.20 bits per heavy atom. The van der Waals surface area contributed by atoms with Gasteiger partial charge in [-0.25, -0.2) is 0 Å². The van der Waals surface area contributed by atoms with E-state index in [1.807, 2.05) is 42.5 Å². The molecule has 0 unspecified atom stereocenters. The van der Waals surface area contributed by atoms with E-state index < -0.39 is 4.92 Å². The second-order valence-corrected chi connectivity index (χ2v) is 5.80. The lowest BCUT2D eigenvalue weighted by Crippen LogP contribution is -1.90. The Kier molecular flexibility index (Phi) is 3.54. The Balaban J connectivity index is 1.95. The van der Waals surface area contributed by atoms with Crippen LogP contribution in [0.15, 0.2) is 59.1 Å². The highest BCUT2D eigenvalue weighted by atomic mass is 16.6. The fourth-order valence-corrected chi connectivity index (χ4v) is 3.10. The van der Waals surface area contributed by atoms with E-state index in [2.05, 4.69) is 23.4 Å². The molecule has 4 aromatic rings. The molecule has 5 nitrogen and oxygen atoms in total. The van der Waals surface area contributed by atoms with Crippen molar-refractivity contribution < 1.29 is 9.45 Å². The van der Waals surface area contributed by atoms with Crippen molar-refractivity contribution in [3.8, 4) is 0 Å². The largest absolute Gasteiger partial charge is 0.349 e. The summed E-state index contributed by atoms with van der Waals surface area (Å²) in [6, 6.07) is 18.3. The molecule has 5 heteroatoms. The molecule has 0 saturated carbocycles. The van der Waals surface area contributed by atoms with Gasteiger partial charge in [0.2, 0.25) is 5.76 Å². The number of hydrogen-bond donors (Lipinski definition) is 0. The number of rotatable bonds is 3. The maximum atomic E-state index is 11.2. The van der Waals surface area contributed by atoms with Gasteiger partial charge < -0.3 is 4.52 Å². The fourth-order valence-electron chi connectivity index (χ4n) is 3.10. The van der Waals surface area contributed by atoms with Crippen LogP contribution >= 0.6 is 0 Å². The van der Waals surface area contributed by atoms with Crippen LogP contribution in [0.4, 0.5) is 5.69 Å². The lowest BCUT2D eigenvalue weighted by atomic mass is 9.96. The quantitative estimate of drug-likeness (QED) is 0.288. The molecule has 0 spiro atoms. The van der Waals surface area contributed by atoms with Gasteiger partial charge in [-0.05, 0) is 52.3 Å². The third-order valence-electron chi connectivity index (χ3n) is 4.25. The molecule has 4 rings (SSSR count). The molecule has 1 heterocycles. The van der Waals surface area contributed by atoms with Crippen LogP contribution in [0.1, 0.15) is 17.0 Å². The highest BCUT2D eigenvalue weighted by molar-refractivity contribution is 6.07. The zero-order chi connectivity index (χ0) is 17.4. The Bertz CT molecular complexity index is 1090. The average Bonchev–Trinajstić information content (AvgIpc) is 2.99. The SMILES string of the molecule is Cc1noc(/C=C\c2c3ccccc3cc3ccccc23)c1[N+](=O)[O-]. The predicted octanol–water partition coefficient (Wildman–Crippen LogP) is 5.37. The van der Waals surface area contributed by atoms with Crippen molar-refractivity contribution in [2.45, 2.75) is 6.92 Å². The number of nitro groups is 1. The van der Waals surface area contributed by atoms with Gasteiger partial charge in [0, 0.05) is 0 Å². The van der Waals surface area contributed by atoms with Crippen molar-refractivity contribution in [1.82, 2.24) is 5.16 Å². The second-order valence-electron chi connectivity index (χ2n) is 5.80. The molecule has 0 N–H and O–H groups in total. The van der Waals surface area contributed by atoms with Crippen molar-refractivity contribution in [2.24, 2.45) is 0 Å². The zero-order valence-electron chi connectivity index (χ0n) is 13.5. The van der Waals surface area contributed by atoms with E-state index in [1.54, 1.807) is 13.0 Å². The first-order valence-electron chi connectivity index (χ1n) is 7.84. The van der Waals surface area contributed by atoms with Gasteiger partial charge in [0.1, 0.15) is 0 Å². The third kappa shape index (κ3) is 2.55. The summed E-state index contributed by atoms with van der Waals surface area (Å²) in [5.74, 6) is 0.152. The molecule has 0 aliphatic carbocycles. The van der Waals surface area contributed by atoms with Crippen LogP contribution in [0.5, 0.6) is 0 Å². The van der Waals surface area contributed by atoms with Gasteiger partial charge in [-0.3, -0.25) is 10.1 Å². The summed E-state index contributed by atoms with van der Waals surface area (Å²) in [4.78, 5) is 10.7. The Hall–Kier alpha value is -3.47. The standard InChI is InChI=1S/C20H14N2O3/c1-13-20(22(23)24)19(25-21-13)11-10-18-16-8-4-2-6-14(16)12-15-7-3-5-9-17(15)18/h2-12H,1H3/b11-10-. The molecule has 0 bridgehead atoms. The molecule has 0 atom stereocenters. The van der Waals surface area contributed by atoms with Crippen molar-refractivity contribution in [3.63, 3.8) is 0 Å². The molecule has 1 aromatic heterocycles. The third-order valence-corrected chi connectivity index (χ3v) is 4.25. The maximum Gasteiger partial charge on any atom is 0.338 e. The van der Waals surface area contributed by atoms with Crippen LogP contribution in [0, 0.1) is 17.0 Å². The summed E-state index contributed by atoms with van der Waals surface area (Å²) in [5.41, 5.74) is 1.17. The van der Waals surface area contributed by atoms with Gasteiger partial charge in [-0.15, -0.1) is 0 Å². The second kappa shape index (κ2) is 5.87. The predicted molar refractivity (Wildman–Crippen MR) is 98.3 cm³/mol. The molecule has 0 amide bonds. The number of hydrogen-bond acceptors (Lipinski definition) is 4. The van der Waals surface area contributed by atoms with E-state index in [0.717, 1.165) is 27.1 Å². The summed E-state index contributed by atoms with van der Waals surface area (Å²) < 4.78 is 5.12. The number of aromatic nitrogens is 1. The van der Waals surface area contributed by atoms with E-state index in [0.29, 0.717) is 0 Å². The molecule has 25 heavy (non-hydrogen) atoms. The summed E-state index contributed by atoms with van der Waals surface area (Å²) >= 11 is 0. The zero-order valence-corrected chi connectivity index (χ0v) is 13.5. The molecule has 0 radical (unpaired) electrons. The van der Waals surface area contributed by atoms with Crippen LogP contribution in [0.3, 0.4) is 0 Å². The highest BCUT2D eigenvalue weighted by Gasteiger charge is 2.22. The van der Waals surface area contributed by atoms with Gasteiger partial charge in [0.25, 0.3) is 0 Å². The summed E-state index contributed by atoms with van der Waals surface area (Å²) in [7, 11) is 0. The smallest absolute Gasteiger partial charge is 0.338 e. The summed E-state index contributed by atoms with van der Waals surface area (Å²) in [5, 5.41) is 19.3. The van der Waals surface area contributed by atoms with E-state index in [-0.39, 0.29) is 17.1 Å². The van der Waals surface area contributed by atoms with Crippen LogP contribution in [0.25, 0.3) is 33.7 Å². The summed E-state index contributed by atoms with van der Waals surface area (Å²) in [6.45, 7) is 1.56. The van der Waals surface area contributed by atoms with Gasteiger partial charge in [0.15, 0.2) is 5.69 Å². The molecule has 3 aromatic carbocycles. The van der Waals surface area contributed by atoms with E-state index >= 15 is 0 Å². The molecule has 0 aliphatic rings. The monoisotopic (exact) mass is 330 g/mol. The van der Waals surface area contributed by atoms with Gasteiger partial charge in [-0.2, -0.15) is 0 Å². The van der Waals surface area contributed by atoms with Crippen molar-refractivity contribution >= 4 is 39.4 Å². The molecule has 0 fully saturated rings. The molecular weight excluding hydrogens is 316 g/mol. The first kappa shape index (κ1) is 15.1. The minimum Gasteiger partial charge on any atom is -0.349 e. The minimum atomic E-state index is -0.466. The fraction of sp³-hybridized carbons (Fsp3) is 0.0500. The van der Waals surface area contributed by atoms with E-state index in [1.165, 1.54) is 0 Å². The average molecular weight is 330 g/mol. The van der Waals surface area contributed by atoms with Crippen molar-refractivity contribution in [2.75, 3.05) is 0 Å². The van der Waals surface area contributed by atoms with Gasteiger partial charge >= 0.3 is 5.69 Å². The topological polar surface area (TPSA) is 69.2 Å². The number of fused-ring (bicyclic) bond motifs is 2. The first-order chi connectivity index (χ1) is 12.1. The summed E-state index contributed by atoms with van der Waals surface area (Å²) in [6.07, 6.45) is 3.48. The van der Waals surface area contributed by atoms with Crippen LogP contribution in [-0.4, -0.2) is 10.1 Å². The normalized spacial score (nSPS) is 11.6. The van der Waals surface area contributed by atoms with E-state index in [9.17, 15) is 10.1 Å². The molecule has 0 aliphatic heterocycles. The number of benzene rings is 3. The number of nitrogens with zero attached hydrogens (tertiary/aromatic N) is 2. The Labute approximate surface area is 143 Å². The van der Waals surface area contributed by atoms with Crippen molar-refractivity contribution in [3.05, 3.63) is 81.7 Å². The molecule has 122 valence electrons. The van der Waals surface area contributed by atoms with Gasteiger partial charge in [-0.1, -0.05) is 53.7 Å². The van der Waals surface area contributed by atoms with Crippen LogP contribution < -0.4 is 0 Å². The van der Waals surface area contributed by atoms with E-state index in [4.69, 9.17) is 4.52 Å². The van der Waals surface area contributed by atoms with Gasteiger partial charge in [0.05, 0.1) is 4.92 Å².